The number of carbonyl (C=O) groups excluding carboxylic acids is 1. The molecule has 7 heteroatoms. The zero-order valence-electron chi connectivity index (χ0n) is 14.9. The number of nitrogens with zero attached hydrogens (tertiary/aromatic N) is 1. The Balaban J connectivity index is 2.13. The summed E-state index contributed by atoms with van der Waals surface area (Å²) in [5, 5.41) is 3.00. The highest BCUT2D eigenvalue weighted by molar-refractivity contribution is 7.92. The van der Waals surface area contributed by atoms with Crippen molar-refractivity contribution in [1.82, 2.24) is 5.32 Å². The minimum Gasteiger partial charge on any atom is -0.352 e. The molecule has 0 heterocycles. The van der Waals surface area contributed by atoms with Gasteiger partial charge in [-0.15, -0.1) is 0 Å². The summed E-state index contributed by atoms with van der Waals surface area (Å²) in [5.74, 6) is -0.774. The smallest absolute Gasteiger partial charge is 0.243 e. The molecule has 0 spiro atoms. The van der Waals surface area contributed by atoms with Crippen molar-refractivity contribution >= 4 is 21.6 Å². The van der Waals surface area contributed by atoms with Crippen LogP contribution in [0.2, 0.25) is 0 Å². The SMILES string of the molecule is C[C@H](C(=O)NC1CCCCCCC1)N(c1ccc(F)cc1)S(C)(=O)=O. The van der Waals surface area contributed by atoms with E-state index in [1.165, 1.54) is 43.5 Å². The Labute approximate surface area is 149 Å². The largest absolute Gasteiger partial charge is 0.352 e. The number of halogens is 1. The molecule has 1 atom stereocenters. The molecule has 0 aliphatic heterocycles. The van der Waals surface area contributed by atoms with E-state index in [0.717, 1.165) is 36.2 Å². The highest BCUT2D eigenvalue weighted by Crippen LogP contribution is 2.22. The molecule has 1 amide bonds. The van der Waals surface area contributed by atoms with Crippen molar-refractivity contribution in [2.75, 3.05) is 10.6 Å². The maximum Gasteiger partial charge on any atom is 0.243 e. The monoisotopic (exact) mass is 370 g/mol. The lowest BCUT2D eigenvalue weighted by atomic mass is 9.96. The van der Waals surface area contributed by atoms with E-state index in [2.05, 4.69) is 5.32 Å². The number of amides is 1. The predicted octanol–water partition coefficient (Wildman–Crippen LogP) is 3.21. The molecule has 140 valence electrons. The fraction of sp³-hybridized carbons (Fsp3) is 0.611. The van der Waals surface area contributed by atoms with Crippen LogP contribution in [0, 0.1) is 5.82 Å². The van der Waals surface area contributed by atoms with Gasteiger partial charge in [0, 0.05) is 6.04 Å². The lowest BCUT2D eigenvalue weighted by Crippen LogP contribution is -2.50. The summed E-state index contributed by atoms with van der Waals surface area (Å²) in [6.45, 7) is 1.56. The van der Waals surface area contributed by atoms with Crippen LogP contribution in [0.5, 0.6) is 0 Å². The maximum absolute atomic E-state index is 13.1. The molecule has 0 radical (unpaired) electrons. The highest BCUT2D eigenvalue weighted by atomic mass is 32.2. The number of anilines is 1. The van der Waals surface area contributed by atoms with E-state index in [-0.39, 0.29) is 17.6 Å². The number of carbonyl (C=O) groups is 1. The third-order valence-corrected chi connectivity index (χ3v) is 5.86. The van der Waals surface area contributed by atoms with Crippen molar-refractivity contribution in [3.8, 4) is 0 Å². The number of benzene rings is 1. The first-order chi connectivity index (χ1) is 11.8. The normalized spacial score (nSPS) is 18.0. The van der Waals surface area contributed by atoms with Gasteiger partial charge in [-0.05, 0) is 44.0 Å². The van der Waals surface area contributed by atoms with Crippen molar-refractivity contribution in [2.45, 2.75) is 64.0 Å². The highest BCUT2D eigenvalue weighted by Gasteiger charge is 2.30. The molecule has 1 saturated carbocycles. The van der Waals surface area contributed by atoms with Gasteiger partial charge in [0.1, 0.15) is 11.9 Å². The Morgan fingerprint density at radius 3 is 2.16 bits per heavy atom. The molecule has 0 saturated heterocycles. The van der Waals surface area contributed by atoms with Gasteiger partial charge < -0.3 is 5.32 Å². The Bertz CT molecular complexity index is 668. The van der Waals surface area contributed by atoms with Gasteiger partial charge in [0.25, 0.3) is 0 Å². The van der Waals surface area contributed by atoms with Crippen LogP contribution in [0.4, 0.5) is 10.1 Å². The summed E-state index contributed by atoms with van der Waals surface area (Å²) in [6, 6.07) is 4.31. The predicted molar refractivity (Wildman–Crippen MR) is 97.4 cm³/mol. The lowest BCUT2D eigenvalue weighted by molar-refractivity contribution is -0.122. The van der Waals surface area contributed by atoms with Crippen LogP contribution in [0.3, 0.4) is 0 Å². The number of hydrogen-bond acceptors (Lipinski definition) is 3. The van der Waals surface area contributed by atoms with Crippen LogP contribution in [0.15, 0.2) is 24.3 Å². The standard InChI is InChI=1S/C18H27FN2O3S/c1-14(18(22)20-16-8-6-4-3-5-7-9-16)21(25(2,23)24)17-12-10-15(19)11-13-17/h10-14,16H,3-9H2,1-2H3,(H,20,22)/t14-/m1/s1. The zero-order chi connectivity index (χ0) is 18.4. The van der Waals surface area contributed by atoms with Gasteiger partial charge >= 0.3 is 0 Å². The molecule has 1 fully saturated rings. The van der Waals surface area contributed by atoms with E-state index in [1.807, 2.05) is 0 Å². The molecule has 0 bridgehead atoms. The second kappa shape index (κ2) is 8.65. The average Bonchev–Trinajstić information content (AvgIpc) is 2.50. The van der Waals surface area contributed by atoms with Gasteiger partial charge in [-0.1, -0.05) is 32.1 Å². The molecule has 5 nitrogen and oxygen atoms in total. The topological polar surface area (TPSA) is 66.5 Å². The quantitative estimate of drug-likeness (QED) is 0.865. The first-order valence-electron chi connectivity index (χ1n) is 8.84. The first-order valence-corrected chi connectivity index (χ1v) is 10.7. The molecule has 1 aromatic rings. The van der Waals surface area contributed by atoms with E-state index >= 15 is 0 Å². The van der Waals surface area contributed by atoms with Crippen molar-refractivity contribution in [1.29, 1.82) is 0 Å². The maximum atomic E-state index is 13.1. The van der Waals surface area contributed by atoms with Gasteiger partial charge in [-0.2, -0.15) is 0 Å². The van der Waals surface area contributed by atoms with Crippen LogP contribution < -0.4 is 9.62 Å². The molecule has 0 unspecified atom stereocenters. The van der Waals surface area contributed by atoms with Crippen molar-refractivity contribution in [3.05, 3.63) is 30.1 Å². The summed E-state index contributed by atoms with van der Waals surface area (Å²) in [7, 11) is -3.68. The van der Waals surface area contributed by atoms with E-state index in [9.17, 15) is 17.6 Å². The van der Waals surface area contributed by atoms with Gasteiger partial charge in [0.2, 0.25) is 15.9 Å². The second-order valence-electron chi connectivity index (χ2n) is 6.76. The van der Waals surface area contributed by atoms with Crippen LogP contribution >= 0.6 is 0 Å². The van der Waals surface area contributed by atoms with E-state index in [4.69, 9.17) is 0 Å². The molecule has 2 rings (SSSR count). The van der Waals surface area contributed by atoms with E-state index < -0.39 is 21.9 Å². The molecule has 1 N–H and O–H groups in total. The molecule has 0 aromatic heterocycles. The molecule has 1 aliphatic rings. The summed E-state index contributed by atoms with van der Waals surface area (Å²) < 4.78 is 38.6. The fourth-order valence-corrected chi connectivity index (χ4v) is 4.49. The number of hydrogen-bond donors (Lipinski definition) is 1. The lowest BCUT2D eigenvalue weighted by Gasteiger charge is -2.30. The van der Waals surface area contributed by atoms with E-state index in [0.29, 0.717) is 0 Å². The number of sulfonamides is 1. The minimum absolute atomic E-state index is 0.0879. The number of nitrogens with one attached hydrogen (secondary N) is 1. The van der Waals surface area contributed by atoms with Crippen molar-refractivity contribution in [2.24, 2.45) is 0 Å². The molecule has 1 aliphatic carbocycles. The van der Waals surface area contributed by atoms with E-state index in [1.54, 1.807) is 6.92 Å². The van der Waals surface area contributed by atoms with Crippen LogP contribution in [0.25, 0.3) is 0 Å². The Morgan fingerprint density at radius 2 is 1.64 bits per heavy atom. The fourth-order valence-electron chi connectivity index (χ4n) is 3.32. The Hall–Kier alpha value is -1.63. The van der Waals surface area contributed by atoms with Gasteiger partial charge in [0.05, 0.1) is 11.9 Å². The first kappa shape index (κ1) is 19.7. The molecular formula is C18H27FN2O3S. The summed E-state index contributed by atoms with van der Waals surface area (Å²) >= 11 is 0. The van der Waals surface area contributed by atoms with Gasteiger partial charge in [-0.25, -0.2) is 12.8 Å². The van der Waals surface area contributed by atoms with Gasteiger partial charge in [-0.3, -0.25) is 9.10 Å². The summed E-state index contributed by atoms with van der Waals surface area (Å²) in [6.07, 6.45) is 8.64. The van der Waals surface area contributed by atoms with Crippen molar-refractivity contribution in [3.63, 3.8) is 0 Å². The van der Waals surface area contributed by atoms with Gasteiger partial charge in [0.15, 0.2) is 0 Å². The number of rotatable bonds is 5. The third kappa shape index (κ3) is 5.70. The summed E-state index contributed by atoms with van der Waals surface area (Å²) in [5.41, 5.74) is 0.282. The summed E-state index contributed by atoms with van der Waals surface area (Å²) in [4.78, 5) is 12.6. The zero-order valence-corrected chi connectivity index (χ0v) is 15.7. The minimum atomic E-state index is -3.68. The Kier molecular flexibility index (Phi) is 6.81. The average molecular weight is 370 g/mol. The van der Waals surface area contributed by atoms with Crippen molar-refractivity contribution < 1.29 is 17.6 Å². The molecule has 25 heavy (non-hydrogen) atoms. The second-order valence-corrected chi connectivity index (χ2v) is 8.62. The van der Waals surface area contributed by atoms with Crippen LogP contribution in [-0.4, -0.2) is 32.7 Å². The molecule has 1 aromatic carbocycles. The van der Waals surface area contributed by atoms with Crippen LogP contribution in [-0.2, 0) is 14.8 Å². The molecular weight excluding hydrogens is 343 g/mol. The van der Waals surface area contributed by atoms with Crippen LogP contribution in [0.1, 0.15) is 51.9 Å². The Morgan fingerprint density at radius 1 is 1.12 bits per heavy atom. The third-order valence-electron chi connectivity index (χ3n) is 4.62.